The second-order valence-electron chi connectivity index (χ2n) is 3.02. The van der Waals surface area contributed by atoms with Crippen molar-refractivity contribution in [3.8, 4) is 5.75 Å². The molecule has 0 amide bonds. The van der Waals surface area contributed by atoms with Crippen LogP contribution in [0.1, 0.15) is 0 Å². The van der Waals surface area contributed by atoms with E-state index in [1.165, 1.54) is 0 Å². The Morgan fingerprint density at radius 1 is 1.17 bits per heavy atom. The van der Waals surface area contributed by atoms with E-state index in [4.69, 9.17) is 0 Å². The van der Waals surface area contributed by atoms with Crippen LogP contribution in [-0.2, 0) is 9.53 Å². The molecule has 7 heteroatoms. The van der Waals surface area contributed by atoms with Crippen molar-refractivity contribution in [3.63, 3.8) is 0 Å². The summed E-state index contributed by atoms with van der Waals surface area (Å²) in [4.78, 5) is 10.6. The van der Waals surface area contributed by atoms with E-state index in [0.29, 0.717) is 0 Å². The smallest absolute Gasteiger partial charge is 0.330 e. The molecule has 0 radical (unpaired) electrons. The fourth-order valence-electron chi connectivity index (χ4n) is 1.02. The Morgan fingerprint density at radius 2 is 1.72 bits per heavy atom. The second kappa shape index (κ2) is 6.04. The van der Waals surface area contributed by atoms with Crippen LogP contribution in [0.4, 0.5) is 17.6 Å². The number of halogens is 4. The highest BCUT2D eigenvalue weighted by Crippen LogP contribution is 2.26. The largest absolute Gasteiger partial charge is 0.484 e. The predicted molar refractivity (Wildman–Crippen MR) is 52.9 cm³/mol. The lowest BCUT2D eigenvalue weighted by atomic mass is 10.3. The number of rotatable bonds is 5. The molecule has 0 aliphatic carbocycles. The molecule has 0 fully saturated rings. The maximum atomic E-state index is 13.1. The fraction of sp³-hybridized carbons (Fsp3) is 0.182. The van der Waals surface area contributed by atoms with Crippen LogP contribution in [0.2, 0.25) is 0 Å². The van der Waals surface area contributed by atoms with E-state index >= 15 is 0 Å². The van der Waals surface area contributed by atoms with Gasteiger partial charge in [0.2, 0.25) is 11.6 Å². The first-order valence-electron chi connectivity index (χ1n) is 4.72. The van der Waals surface area contributed by atoms with Crippen LogP contribution in [0.5, 0.6) is 5.75 Å². The highest BCUT2D eigenvalue weighted by atomic mass is 19.2. The third kappa shape index (κ3) is 3.22. The number of esters is 1. The van der Waals surface area contributed by atoms with Gasteiger partial charge in [0.15, 0.2) is 17.4 Å². The van der Waals surface area contributed by atoms with Crippen molar-refractivity contribution in [2.24, 2.45) is 0 Å². The Labute approximate surface area is 99.6 Å². The molecule has 3 nitrogen and oxygen atoms in total. The number of ether oxygens (including phenoxy) is 2. The third-order valence-electron chi connectivity index (χ3n) is 1.81. The third-order valence-corrected chi connectivity index (χ3v) is 1.81. The highest BCUT2D eigenvalue weighted by molar-refractivity contribution is 5.81. The van der Waals surface area contributed by atoms with Crippen molar-refractivity contribution in [2.45, 2.75) is 0 Å². The zero-order chi connectivity index (χ0) is 13.7. The molecule has 0 atom stereocenters. The zero-order valence-electron chi connectivity index (χ0n) is 9.01. The summed E-state index contributed by atoms with van der Waals surface area (Å²) in [6.07, 6.45) is 0.878. The Kier molecular flexibility index (Phi) is 4.70. The molecule has 0 bridgehead atoms. The van der Waals surface area contributed by atoms with Gasteiger partial charge in [0.05, 0.1) is 0 Å². The quantitative estimate of drug-likeness (QED) is 0.269. The van der Waals surface area contributed by atoms with Gasteiger partial charge in [-0.15, -0.1) is 0 Å². The number of carbonyl (C=O) groups excluding carboxylic acids is 1. The summed E-state index contributed by atoms with van der Waals surface area (Å²) in [6, 6.07) is 0.0647. The number of carbonyl (C=O) groups is 1. The molecule has 0 N–H and O–H groups in total. The van der Waals surface area contributed by atoms with Gasteiger partial charge in [-0.3, -0.25) is 0 Å². The van der Waals surface area contributed by atoms with Crippen molar-refractivity contribution in [1.82, 2.24) is 0 Å². The van der Waals surface area contributed by atoms with E-state index in [0.717, 1.165) is 6.08 Å². The Bertz CT molecular complexity index is 448. The summed E-state index contributed by atoms with van der Waals surface area (Å²) in [5.41, 5.74) is 0. The Morgan fingerprint density at radius 3 is 2.22 bits per heavy atom. The van der Waals surface area contributed by atoms with Crippen molar-refractivity contribution in [1.29, 1.82) is 0 Å². The minimum absolute atomic E-state index is 0.0647. The van der Waals surface area contributed by atoms with Crippen molar-refractivity contribution < 1.29 is 31.8 Å². The van der Waals surface area contributed by atoms with E-state index in [-0.39, 0.29) is 12.7 Å². The molecule has 1 rings (SSSR count). The molecule has 1 aromatic carbocycles. The van der Waals surface area contributed by atoms with Crippen LogP contribution in [0, 0.1) is 23.3 Å². The van der Waals surface area contributed by atoms with Crippen molar-refractivity contribution >= 4 is 5.97 Å². The summed E-state index contributed by atoms with van der Waals surface area (Å²) in [7, 11) is 0. The van der Waals surface area contributed by atoms with Gasteiger partial charge in [-0.05, 0) is 0 Å². The minimum atomic E-state index is -1.65. The molecule has 0 spiro atoms. The van der Waals surface area contributed by atoms with E-state index in [1.807, 2.05) is 0 Å². The number of hydrogen-bond donors (Lipinski definition) is 0. The van der Waals surface area contributed by atoms with Gasteiger partial charge < -0.3 is 9.47 Å². The van der Waals surface area contributed by atoms with E-state index in [9.17, 15) is 22.4 Å². The summed E-state index contributed by atoms with van der Waals surface area (Å²) >= 11 is 0. The fourth-order valence-corrected chi connectivity index (χ4v) is 1.02. The van der Waals surface area contributed by atoms with Crippen molar-refractivity contribution in [2.75, 3.05) is 13.2 Å². The molecule has 0 aromatic heterocycles. The first kappa shape index (κ1) is 14.0. The average molecular weight is 264 g/mol. The van der Waals surface area contributed by atoms with Gasteiger partial charge in [-0.2, -0.15) is 8.78 Å². The van der Waals surface area contributed by atoms with E-state index in [1.54, 1.807) is 0 Å². The van der Waals surface area contributed by atoms with Gasteiger partial charge in [0.1, 0.15) is 13.2 Å². The van der Waals surface area contributed by atoms with Crippen LogP contribution in [0.3, 0.4) is 0 Å². The van der Waals surface area contributed by atoms with Gasteiger partial charge in [-0.25, -0.2) is 13.6 Å². The molecular formula is C11H8F4O3. The lowest BCUT2D eigenvalue weighted by Gasteiger charge is -2.09. The van der Waals surface area contributed by atoms with Crippen molar-refractivity contribution in [3.05, 3.63) is 42.0 Å². The van der Waals surface area contributed by atoms with Gasteiger partial charge in [-0.1, -0.05) is 6.58 Å². The molecule has 0 heterocycles. The van der Waals surface area contributed by atoms with Gasteiger partial charge in [0.25, 0.3) is 0 Å². The maximum absolute atomic E-state index is 13.1. The zero-order valence-corrected chi connectivity index (χ0v) is 9.01. The van der Waals surface area contributed by atoms with Crippen LogP contribution in [0.25, 0.3) is 0 Å². The Balaban J connectivity index is 2.67. The van der Waals surface area contributed by atoms with Crippen LogP contribution in [0.15, 0.2) is 18.7 Å². The SMILES string of the molecule is C=CC(=O)OCCOc1c(F)c(F)cc(F)c1F. The first-order chi connectivity index (χ1) is 8.47. The number of benzene rings is 1. The molecule has 1 aromatic rings. The standard InChI is InChI=1S/C11H8F4O3/c1-2-8(16)17-3-4-18-11-9(14)6(12)5-7(13)10(11)15/h2,5H,1,3-4H2. The van der Waals surface area contributed by atoms with Crippen LogP contribution >= 0.6 is 0 Å². The van der Waals surface area contributed by atoms with Gasteiger partial charge >= 0.3 is 5.97 Å². The lowest BCUT2D eigenvalue weighted by Crippen LogP contribution is -2.12. The topological polar surface area (TPSA) is 35.5 Å². The van der Waals surface area contributed by atoms with E-state index < -0.39 is 41.6 Å². The molecule has 0 saturated heterocycles. The summed E-state index contributed by atoms with van der Waals surface area (Å²) in [5.74, 6) is -8.40. The highest BCUT2D eigenvalue weighted by Gasteiger charge is 2.20. The Hall–Kier alpha value is -2.05. The summed E-state index contributed by atoms with van der Waals surface area (Å²) < 4.78 is 60.6. The minimum Gasteiger partial charge on any atom is -0.484 e. The predicted octanol–water partition coefficient (Wildman–Crippen LogP) is 2.35. The average Bonchev–Trinajstić information content (AvgIpc) is 2.35. The monoisotopic (exact) mass is 264 g/mol. The molecular weight excluding hydrogens is 256 g/mol. The summed E-state index contributed by atoms with van der Waals surface area (Å²) in [6.45, 7) is 2.31. The molecule has 0 saturated carbocycles. The molecule has 0 aliphatic heterocycles. The molecule has 0 aliphatic rings. The molecule has 18 heavy (non-hydrogen) atoms. The van der Waals surface area contributed by atoms with Crippen LogP contribution in [-0.4, -0.2) is 19.2 Å². The summed E-state index contributed by atoms with van der Waals surface area (Å²) in [5, 5.41) is 0. The molecule has 98 valence electrons. The molecule has 0 unspecified atom stereocenters. The first-order valence-corrected chi connectivity index (χ1v) is 4.72. The number of hydrogen-bond acceptors (Lipinski definition) is 3. The van der Waals surface area contributed by atoms with E-state index in [2.05, 4.69) is 16.1 Å². The normalized spacial score (nSPS) is 10.0. The van der Waals surface area contributed by atoms with Crippen LogP contribution < -0.4 is 4.74 Å². The van der Waals surface area contributed by atoms with Gasteiger partial charge in [0, 0.05) is 12.1 Å². The second-order valence-corrected chi connectivity index (χ2v) is 3.02. The lowest BCUT2D eigenvalue weighted by molar-refractivity contribution is -0.138. The maximum Gasteiger partial charge on any atom is 0.330 e.